The first-order valence-corrected chi connectivity index (χ1v) is 11.5. The summed E-state index contributed by atoms with van der Waals surface area (Å²) in [6.45, 7) is 9.58. The van der Waals surface area contributed by atoms with Gasteiger partial charge in [0, 0.05) is 31.7 Å². The number of alkyl halides is 3. The van der Waals surface area contributed by atoms with Crippen molar-refractivity contribution in [2.24, 2.45) is 12.5 Å². The van der Waals surface area contributed by atoms with Crippen LogP contribution in [0.2, 0.25) is 5.15 Å². The van der Waals surface area contributed by atoms with Crippen LogP contribution in [0.15, 0.2) is 18.2 Å². The smallest absolute Gasteiger partial charge is 0.353 e. The Kier molecular flexibility index (Phi) is 7.73. The van der Waals surface area contributed by atoms with Gasteiger partial charge in [0.1, 0.15) is 16.5 Å². The molecule has 2 aromatic rings. The van der Waals surface area contributed by atoms with Crippen molar-refractivity contribution in [3.05, 3.63) is 34.6 Å². The van der Waals surface area contributed by atoms with Gasteiger partial charge in [0.25, 0.3) is 0 Å². The highest BCUT2D eigenvalue weighted by atomic mass is 35.5. The molecular weight excluding hydrogens is 455 g/mol. The van der Waals surface area contributed by atoms with E-state index in [4.69, 9.17) is 11.6 Å². The molecule has 182 valence electrons. The van der Waals surface area contributed by atoms with E-state index >= 15 is 0 Å². The summed E-state index contributed by atoms with van der Waals surface area (Å²) in [6, 6.07) is 3.66. The zero-order valence-electron chi connectivity index (χ0n) is 19.5. The van der Waals surface area contributed by atoms with Gasteiger partial charge in [-0.2, -0.15) is 18.3 Å². The Hall–Kier alpha value is -2.13. The topological polar surface area (TPSA) is 63.1 Å². The minimum Gasteiger partial charge on any atom is -0.353 e. The molecule has 10 heteroatoms. The molecule has 0 spiro atoms. The number of rotatable bonds is 6. The third kappa shape index (κ3) is 6.93. The lowest BCUT2D eigenvalue weighted by atomic mass is 9.91. The lowest BCUT2D eigenvalue weighted by molar-refractivity contribution is -0.141. The molecule has 1 aliphatic rings. The van der Waals surface area contributed by atoms with Crippen molar-refractivity contribution in [2.45, 2.75) is 58.7 Å². The predicted molar refractivity (Wildman–Crippen MR) is 122 cm³/mol. The van der Waals surface area contributed by atoms with Gasteiger partial charge in [-0.3, -0.25) is 9.48 Å². The normalized spacial score (nSPS) is 16.2. The molecular formula is C23H31ClF3N5O. The predicted octanol–water partition coefficient (Wildman–Crippen LogP) is 4.71. The zero-order chi connectivity index (χ0) is 24.4. The Labute approximate surface area is 197 Å². The van der Waals surface area contributed by atoms with E-state index in [0.29, 0.717) is 11.0 Å². The van der Waals surface area contributed by atoms with E-state index in [0.717, 1.165) is 45.0 Å². The van der Waals surface area contributed by atoms with Crippen molar-refractivity contribution in [3.8, 4) is 11.4 Å². The van der Waals surface area contributed by atoms with Crippen molar-refractivity contribution in [1.82, 2.24) is 25.0 Å². The molecule has 0 saturated carbocycles. The average molecular weight is 486 g/mol. The number of likely N-dealkylation sites (tertiary alicyclic amines) is 1. The van der Waals surface area contributed by atoms with E-state index in [2.05, 4.69) is 41.1 Å². The number of hydrogen-bond donors (Lipinski definition) is 1. The molecule has 1 fully saturated rings. The van der Waals surface area contributed by atoms with Crippen molar-refractivity contribution in [1.29, 1.82) is 0 Å². The molecule has 0 bridgehead atoms. The van der Waals surface area contributed by atoms with Gasteiger partial charge in [-0.15, -0.1) is 0 Å². The van der Waals surface area contributed by atoms with Gasteiger partial charge in [-0.05, 0) is 43.4 Å². The number of aromatic nitrogens is 3. The number of pyridine rings is 1. The molecule has 1 amide bonds. The Bertz CT molecular complexity index is 975. The lowest BCUT2D eigenvalue weighted by Crippen LogP contribution is -2.45. The van der Waals surface area contributed by atoms with Gasteiger partial charge >= 0.3 is 6.18 Å². The molecule has 1 aliphatic heterocycles. The minimum absolute atomic E-state index is 0.0299. The average Bonchev–Trinajstić information content (AvgIpc) is 3.00. The van der Waals surface area contributed by atoms with Crippen molar-refractivity contribution in [2.75, 3.05) is 19.6 Å². The highest BCUT2D eigenvalue weighted by molar-refractivity contribution is 6.31. The monoisotopic (exact) mass is 485 g/mol. The highest BCUT2D eigenvalue weighted by Crippen LogP contribution is 2.32. The number of hydrogen-bond acceptors (Lipinski definition) is 4. The molecule has 0 atom stereocenters. The summed E-state index contributed by atoms with van der Waals surface area (Å²) in [6.07, 6.45) is -1.81. The fraction of sp³-hybridized carbons (Fsp3) is 0.609. The number of halogens is 4. The molecule has 0 unspecified atom stereocenters. The van der Waals surface area contributed by atoms with Crippen LogP contribution in [-0.2, 0) is 24.4 Å². The maximum atomic E-state index is 13.1. The number of piperidine rings is 1. The molecule has 3 heterocycles. The van der Waals surface area contributed by atoms with E-state index in [9.17, 15) is 18.0 Å². The highest BCUT2D eigenvalue weighted by Gasteiger charge is 2.33. The molecule has 6 nitrogen and oxygen atoms in total. The van der Waals surface area contributed by atoms with E-state index < -0.39 is 11.9 Å². The maximum Gasteiger partial charge on any atom is 0.433 e. The number of aryl methyl sites for hydroxylation is 1. The van der Waals surface area contributed by atoms with Gasteiger partial charge < -0.3 is 10.2 Å². The van der Waals surface area contributed by atoms with E-state index in [-0.39, 0.29) is 34.9 Å². The first kappa shape index (κ1) is 25.5. The Balaban J connectivity index is 1.65. The fourth-order valence-corrected chi connectivity index (χ4v) is 4.06. The second-order valence-electron chi connectivity index (χ2n) is 9.82. The first-order chi connectivity index (χ1) is 15.3. The van der Waals surface area contributed by atoms with Gasteiger partial charge in [-0.25, -0.2) is 4.98 Å². The number of carbonyl (C=O) groups is 1. The molecule has 0 aromatic carbocycles. The summed E-state index contributed by atoms with van der Waals surface area (Å²) >= 11 is 6.33. The van der Waals surface area contributed by atoms with Crippen molar-refractivity contribution < 1.29 is 18.0 Å². The van der Waals surface area contributed by atoms with Crippen LogP contribution in [0.25, 0.3) is 11.4 Å². The summed E-state index contributed by atoms with van der Waals surface area (Å²) in [5.41, 5.74) is -0.148. The van der Waals surface area contributed by atoms with E-state index in [1.54, 1.807) is 7.05 Å². The van der Waals surface area contributed by atoms with Crippen LogP contribution in [-0.4, -0.2) is 51.2 Å². The number of amides is 1. The van der Waals surface area contributed by atoms with Gasteiger partial charge in [-0.1, -0.05) is 38.4 Å². The Morgan fingerprint density at radius 3 is 2.48 bits per heavy atom. The molecule has 2 aromatic heterocycles. The molecule has 0 aliphatic carbocycles. The molecule has 33 heavy (non-hydrogen) atoms. The van der Waals surface area contributed by atoms with Gasteiger partial charge in [0.2, 0.25) is 5.91 Å². The van der Waals surface area contributed by atoms with Crippen LogP contribution in [0.3, 0.4) is 0 Å². The van der Waals surface area contributed by atoms with Crippen LogP contribution < -0.4 is 5.32 Å². The standard InChI is InChI=1S/C23H31ClF3N5O/c1-22(2,3)10-13-32-11-8-15(9-12-32)28-19(33)14-16-20(30-31(4)21(16)24)17-6-5-7-18(29-17)23(25,26)27/h5-7,15H,8-14H2,1-4H3,(H,28,33). The summed E-state index contributed by atoms with van der Waals surface area (Å²) in [5, 5.41) is 7.48. The van der Waals surface area contributed by atoms with Crippen LogP contribution in [0.5, 0.6) is 0 Å². The zero-order valence-corrected chi connectivity index (χ0v) is 20.2. The SMILES string of the molecule is Cn1nc(-c2cccc(C(F)(F)F)n2)c(CC(=O)NC2CCN(CCC(C)(C)C)CC2)c1Cl. The van der Waals surface area contributed by atoms with Crippen molar-refractivity contribution >= 4 is 17.5 Å². The van der Waals surface area contributed by atoms with Gasteiger partial charge in [0.15, 0.2) is 0 Å². The Morgan fingerprint density at radius 1 is 1.21 bits per heavy atom. The number of carbonyl (C=O) groups excluding carboxylic acids is 1. The quantitative estimate of drug-likeness (QED) is 0.643. The molecule has 0 radical (unpaired) electrons. The second kappa shape index (κ2) is 10.0. The van der Waals surface area contributed by atoms with Crippen LogP contribution in [0, 0.1) is 5.41 Å². The minimum atomic E-state index is -4.58. The summed E-state index contributed by atoms with van der Waals surface area (Å²) in [4.78, 5) is 18.9. The Morgan fingerprint density at radius 2 is 1.88 bits per heavy atom. The summed E-state index contributed by atoms with van der Waals surface area (Å²) < 4.78 is 40.6. The number of nitrogens with one attached hydrogen (secondary N) is 1. The molecule has 1 saturated heterocycles. The van der Waals surface area contributed by atoms with Crippen LogP contribution >= 0.6 is 11.6 Å². The maximum absolute atomic E-state index is 13.1. The largest absolute Gasteiger partial charge is 0.433 e. The third-order valence-electron chi connectivity index (χ3n) is 5.82. The molecule has 3 rings (SSSR count). The summed E-state index contributed by atoms with van der Waals surface area (Å²) in [7, 11) is 1.58. The summed E-state index contributed by atoms with van der Waals surface area (Å²) in [5.74, 6) is -0.230. The van der Waals surface area contributed by atoms with Gasteiger partial charge in [0.05, 0.1) is 12.1 Å². The second-order valence-corrected chi connectivity index (χ2v) is 10.2. The van der Waals surface area contributed by atoms with E-state index in [1.807, 2.05) is 0 Å². The first-order valence-electron chi connectivity index (χ1n) is 11.1. The molecule has 1 N–H and O–H groups in total. The third-order valence-corrected chi connectivity index (χ3v) is 6.29. The number of nitrogens with zero attached hydrogens (tertiary/aromatic N) is 4. The lowest BCUT2D eigenvalue weighted by Gasteiger charge is -2.34. The van der Waals surface area contributed by atoms with Crippen LogP contribution in [0.4, 0.5) is 13.2 Å². The van der Waals surface area contributed by atoms with Crippen LogP contribution in [0.1, 0.15) is 51.3 Å². The fourth-order valence-electron chi connectivity index (χ4n) is 3.87. The van der Waals surface area contributed by atoms with E-state index in [1.165, 1.54) is 16.8 Å². The van der Waals surface area contributed by atoms with Crippen molar-refractivity contribution in [3.63, 3.8) is 0 Å².